The lowest BCUT2D eigenvalue weighted by molar-refractivity contribution is -0.155. The molecule has 16 heteroatoms. The summed E-state index contributed by atoms with van der Waals surface area (Å²) in [5.41, 5.74) is 9.53. The van der Waals surface area contributed by atoms with E-state index in [0.717, 1.165) is 44.7 Å². The number of cyclic esters (lactones) is 1. The molecule has 368 valence electrons. The summed E-state index contributed by atoms with van der Waals surface area (Å²) in [5.74, 6) is 4.31. The van der Waals surface area contributed by atoms with Gasteiger partial charge >= 0.3 is 5.97 Å². The van der Waals surface area contributed by atoms with Crippen LogP contribution in [0.3, 0.4) is 0 Å². The average molecular weight is 937 g/mol. The van der Waals surface area contributed by atoms with E-state index in [2.05, 4.69) is 77.1 Å². The van der Waals surface area contributed by atoms with E-state index in [9.17, 15) is 19.2 Å². The number of nitrogens with zero attached hydrogens (tertiary/aromatic N) is 6. The first-order chi connectivity index (χ1) is 32.3. The molecule has 2 N–H and O–H groups in total. The maximum absolute atomic E-state index is 14.6. The minimum Gasteiger partial charge on any atom is -0.464 e. The van der Waals surface area contributed by atoms with E-state index in [1.54, 1.807) is 18.2 Å². The molecule has 1 aromatic carbocycles. The number of morpholine rings is 1. The van der Waals surface area contributed by atoms with Crippen molar-refractivity contribution in [2.75, 3.05) is 78.6 Å². The van der Waals surface area contributed by atoms with Gasteiger partial charge < -0.3 is 38.6 Å². The van der Waals surface area contributed by atoms with Crippen LogP contribution in [0.1, 0.15) is 92.0 Å². The highest BCUT2D eigenvalue weighted by Crippen LogP contribution is 2.42. The normalized spacial score (nSPS) is 21.9. The topological polar surface area (TPSA) is 160 Å². The monoisotopic (exact) mass is 937 g/mol. The van der Waals surface area contributed by atoms with Crippen molar-refractivity contribution in [2.45, 2.75) is 124 Å². The molecule has 3 saturated heterocycles. The van der Waals surface area contributed by atoms with Gasteiger partial charge in [-0.2, -0.15) is 0 Å². The molecule has 0 saturated carbocycles. The van der Waals surface area contributed by atoms with Gasteiger partial charge in [0.25, 0.3) is 11.8 Å². The summed E-state index contributed by atoms with van der Waals surface area (Å²) in [5, 5.41) is 5.63. The van der Waals surface area contributed by atoms with Crippen molar-refractivity contribution in [3.05, 3.63) is 58.9 Å². The molecule has 6 heterocycles. The second-order valence-corrected chi connectivity index (χ2v) is 20.4. The number of fused-ring (bicyclic) bond motifs is 6. The molecule has 2 aromatic heterocycles. The smallest absolute Gasteiger partial charge is 0.324 e. The number of amides is 3. The van der Waals surface area contributed by atoms with Crippen LogP contribution >= 0.6 is 0 Å². The zero-order valence-corrected chi connectivity index (χ0v) is 42.0. The number of hydrogen-bond donors (Lipinski definition) is 2. The lowest BCUT2D eigenvalue weighted by Crippen LogP contribution is -2.61. The third kappa shape index (κ3) is 11.2. The van der Waals surface area contributed by atoms with Gasteiger partial charge in [-0.25, -0.2) is 5.43 Å². The number of esters is 1. The Kier molecular flexibility index (Phi) is 15.7. The maximum atomic E-state index is 14.6. The molecule has 0 unspecified atom stereocenters. The van der Waals surface area contributed by atoms with Gasteiger partial charge in [0.15, 0.2) is 0 Å². The fourth-order valence-corrected chi connectivity index (χ4v) is 9.25. The van der Waals surface area contributed by atoms with Gasteiger partial charge in [0, 0.05) is 92.1 Å². The third-order valence-corrected chi connectivity index (χ3v) is 14.0. The fourth-order valence-electron chi connectivity index (χ4n) is 9.25. The average Bonchev–Trinajstić information content (AvgIpc) is 3.60. The van der Waals surface area contributed by atoms with Gasteiger partial charge in [0.2, 0.25) is 5.91 Å². The third-order valence-electron chi connectivity index (χ3n) is 14.0. The molecule has 0 aliphatic carbocycles. The Morgan fingerprint density at radius 1 is 1.12 bits per heavy atom. The molecule has 0 spiro atoms. The molecule has 0 radical (unpaired) electrons. The molecule has 4 atom stereocenters. The van der Waals surface area contributed by atoms with Crippen LogP contribution in [0, 0.1) is 17.3 Å². The molecule has 3 fully saturated rings. The minimum absolute atomic E-state index is 0.000485. The van der Waals surface area contributed by atoms with Crippen molar-refractivity contribution in [1.29, 1.82) is 0 Å². The van der Waals surface area contributed by atoms with Crippen LogP contribution in [0.15, 0.2) is 47.7 Å². The second-order valence-electron chi connectivity index (χ2n) is 20.4. The summed E-state index contributed by atoms with van der Waals surface area (Å²) >= 11 is 0. The number of rotatable bonds is 10. The van der Waals surface area contributed by atoms with Crippen LogP contribution in [0.4, 0.5) is 5.69 Å². The first kappa shape index (κ1) is 50.6. The van der Waals surface area contributed by atoms with Crippen molar-refractivity contribution < 1.29 is 38.1 Å². The number of aryl methyl sites for hydroxylation is 1. The molecule has 4 aliphatic rings. The highest BCUT2D eigenvalue weighted by Gasteiger charge is 2.38. The predicted molar refractivity (Wildman–Crippen MR) is 261 cm³/mol. The van der Waals surface area contributed by atoms with Gasteiger partial charge in [0.05, 0.1) is 55.1 Å². The summed E-state index contributed by atoms with van der Waals surface area (Å²) < 4.78 is 26.9. The molecule has 7 rings (SSSR count). The van der Waals surface area contributed by atoms with E-state index < -0.39 is 41.0 Å². The van der Waals surface area contributed by atoms with E-state index >= 15 is 0 Å². The number of carbonyl (C=O) groups is 4. The minimum atomic E-state index is -0.998. The van der Waals surface area contributed by atoms with Gasteiger partial charge in [-0.15, -0.1) is 0 Å². The molecule has 68 heavy (non-hydrogen) atoms. The van der Waals surface area contributed by atoms with Crippen LogP contribution in [0.5, 0.6) is 0 Å². The number of aromatic nitrogens is 2. The van der Waals surface area contributed by atoms with Gasteiger partial charge in [-0.05, 0) is 117 Å². The molecule has 16 nitrogen and oxygen atoms in total. The first-order valence-corrected chi connectivity index (χ1v) is 24.1. The van der Waals surface area contributed by atoms with E-state index in [1.165, 1.54) is 5.01 Å². The van der Waals surface area contributed by atoms with Crippen molar-refractivity contribution in [2.24, 2.45) is 5.41 Å². The fraction of sp³-hybridized carbons (Fsp3) is 0.596. The van der Waals surface area contributed by atoms with Crippen molar-refractivity contribution >= 4 is 40.3 Å². The summed E-state index contributed by atoms with van der Waals surface area (Å²) in [6, 6.07) is 8.91. The van der Waals surface area contributed by atoms with E-state index in [0.29, 0.717) is 70.7 Å². The van der Waals surface area contributed by atoms with Crippen LogP contribution < -0.4 is 15.6 Å². The van der Waals surface area contributed by atoms with Crippen LogP contribution in [0.2, 0.25) is 0 Å². The Balaban J connectivity index is 1.17. The Morgan fingerprint density at radius 2 is 1.88 bits per heavy atom. The highest BCUT2D eigenvalue weighted by molar-refractivity contribution is 5.98. The van der Waals surface area contributed by atoms with Gasteiger partial charge in [0.1, 0.15) is 12.1 Å². The molecular weight excluding hydrogens is 865 g/mol. The number of hydrogen-bond acceptors (Lipinski definition) is 12. The summed E-state index contributed by atoms with van der Waals surface area (Å²) in [4.78, 5) is 66.3. The molecule has 3 aromatic rings. The first-order valence-electron chi connectivity index (χ1n) is 24.1. The van der Waals surface area contributed by atoms with Crippen LogP contribution in [-0.4, -0.2) is 152 Å². The number of ether oxygens (including phenoxy) is 4. The Hall–Kier alpha value is -5.31. The number of pyridine rings is 1. The quantitative estimate of drug-likeness (QED) is 0.159. The summed E-state index contributed by atoms with van der Waals surface area (Å²) in [6.45, 7) is 19.5. The van der Waals surface area contributed by atoms with Crippen LogP contribution in [-0.2, 0) is 51.1 Å². The zero-order chi connectivity index (χ0) is 49.1. The van der Waals surface area contributed by atoms with Crippen LogP contribution in [0.25, 0.3) is 22.2 Å². The maximum Gasteiger partial charge on any atom is 0.324 e. The molecule has 6 bridgehead atoms. The van der Waals surface area contributed by atoms with E-state index in [1.807, 2.05) is 59.7 Å². The number of benzene rings is 1. The standard InChI is InChI=1S/C52H72N8O8/c1-12-59-44-18-17-35-25-39(44)40(47(59)38-15-13-21-53-46(38)34(4)65-11)27-51(5,6)32-68-50(64)42-16-14-22-60(55-42)49(63)43(26-36-28-57(35)23-24-66-36)54-48(62)41(33(2)3)31-67-37-29-58(30-37)45(61)19-20-52(7,8)56(9)10/h13,15,17-18,21,25,34,36-37,42-43,55H,12,14,16,22-24,26-32H2,1-11H3,(H,54,62)/t34-,36-,42-,43-/m0/s1. The zero-order valence-electron chi connectivity index (χ0n) is 42.0. The number of carbonyl (C=O) groups excluding carboxylic acids is 4. The molecular formula is C52H72N8O8. The summed E-state index contributed by atoms with van der Waals surface area (Å²) in [6.07, 6.45) is 2.73. The number of likely N-dealkylation sites (tertiary alicyclic amines) is 1. The number of nitrogens with one attached hydrogen (secondary N) is 2. The Labute approximate surface area is 402 Å². The van der Waals surface area contributed by atoms with Gasteiger partial charge in [-0.3, -0.25) is 34.1 Å². The number of anilines is 1. The molecule has 4 aliphatic heterocycles. The molecule has 3 amide bonds. The lowest BCUT2D eigenvalue weighted by atomic mass is 9.84. The number of allylic oxidation sites excluding steroid dienone is 1. The van der Waals surface area contributed by atoms with Crippen molar-refractivity contribution in [1.82, 2.24) is 35.1 Å². The van der Waals surface area contributed by atoms with Crippen molar-refractivity contribution in [3.8, 4) is 23.1 Å². The SMILES string of the molecule is CCn1c(-c2cccnc2[C@H](C)OC)c2c3cc(ccc31)N1CCO[C@@H](C[C@H](NC(=O)C(COC3CN(C(=O)C#CC(C)(C)N(C)C)C3)=C(C)C)C(=O)N3CCC[C@H](N3)C(=O)OCC(C)(C)C2)C1. The predicted octanol–water partition coefficient (Wildman–Crippen LogP) is 5.04. The van der Waals surface area contributed by atoms with E-state index in [4.69, 9.17) is 23.9 Å². The van der Waals surface area contributed by atoms with Gasteiger partial charge in [-0.1, -0.05) is 25.3 Å². The van der Waals surface area contributed by atoms with E-state index in [-0.39, 0.29) is 43.7 Å². The largest absolute Gasteiger partial charge is 0.464 e. The number of methoxy groups -OCH3 is 1. The Bertz CT molecular complexity index is 2460. The highest BCUT2D eigenvalue weighted by atomic mass is 16.5. The number of hydrazine groups is 1. The Morgan fingerprint density at radius 3 is 2.59 bits per heavy atom. The second kappa shape index (κ2) is 21.1. The summed E-state index contributed by atoms with van der Waals surface area (Å²) in [7, 11) is 5.53. The lowest BCUT2D eigenvalue weighted by Gasteiger charge is -2.39. The van der Waals surface area contributed by atoms with Crippen molar-refractivity contribution in [3.63, 3.8) is 0 Å².